The quantitative estimate of drug-likeness (QED) is 0.0299. The molecular weight excluding hydrogens is 616 g/mol. The highest BCUT2D eigenvalue weighted by atomic mass is 16.9. The van der Waals surface area contributed by atoms with Gasteiger partial charge in [0.2, 0.25) is 5.79 Å². The summed E-state index contributed by atoms with van der Waals surface area (Å²) in [5.41, 5.74) is 0. The number of allylic oxidation sites excluding steroid dienone is 11. The zero-order valence-corrected chi connectivity index (χ0v) is 26.9. The van der Waals surface area contributed by atoms with E-state index in [-0.39, 0.29) is 0 Å². The lowest BCUT2D eigenvalue weighted by atomic mass is 9.97. The van der Waals surface area contributed by atoms with Crippen molar-refractivity contribution < 1.29 is 64.6 Å². The predicted octanol–water partition coefficient (Wildman–Crippen LogP) is 0.953. The van der Waals surface area contributed by atoms with Gasteiger partial charge in [0.1, 0.15) is 43.2 Å². The molecule has 0 spiro atoms. The molecule has 2 fully saturated rings. The van der Waals surface area contributed by atoms with E-state index >= 15 is 0 Å². The number of esters is 1. The Hall–Kier alpha value is -2.53. The molecule has 0 radical (unpaired) electrons. The summed E-state index contributed by atoms with van der Waals surface area (Å²) in [5.74, 6) is -6.90. The van der Waals surface area contributed by atoms with Gasteiger partial charge in [-0.3, -0.25) is 4.74 Å². The average molecular weight is 669 g/mol. The first-order valence-electron chi connectivity index (χ1n) is 16.1. The largest absolute Gasteiger partial charge is 0.402 e. The first-order chi connectivity index (χ1) is 22.6. The number of aliphatic hydroxyl groups is 8. The second-order valence-electron chi connectivity index (χ2n) is 11.4. The second-order valence-corrected chi connectivity index (χ2v) is 11.4. The minimum Gasteiger partial charge on any atom is -0.402 e. The Bertz CT molecular complexity index is 1080. The van der Waals surface area contributed by atoms with Crippen molar-refractivity contribution in [3.05, 3.63) is 72.9 Å². The second kappa shape index (κ2) is 21.4. The summed E-state index contributed by atoms with van der Waals surface area (Å²) in [6.07, 6.45) is 17.3. The molecule has 2 rings (SSSR count). The van der Waals surface area contributed by atoms with Gasteiger partial charge in [-0.25, -0.2) is 4.79 Å². The van der Waals surface area contributed by atoms with E-state index in [0.717, 1.165) is 12.5 Å². The Balaban J connectivity index is 1.95. The average Bonchev–Trinajstić information content (AvgIpc) is 3.31. The molecule has 0 saturated carbocycles. The van der Waals surface area contributed by atoms with Gasteiger partial charge in [0.25, 0.3) is 0 Å². The summed E-state index contributed by atoms with van der Waals surface area (Å²) in [6, 6.07) is 0. The van der Waals surface area contributed by atoms with E-state index in [0.29, 0.717) is 0 Å². The highest BCUT2D eigenvalue weighted by molar-refractivity contribution is 5.82. The summed E-state index contributed by atoms with van der Waals surface area (Å²) >= 11 is 0. The van der Waals surface area contributed by atoms with Crippen LogP contribution >= 0.6 is 0 Å². The molecule has 0 aromatic carbocycles. The van der Waals surface area contributed by atoms with Crippen molar-refractivity contribution in [2.24, 2.45) is 0 Å². The van der Waals surface area contributed by atoms with Crippen LogP contribution in [0.1, 0.15) is 58.3 Å². The van der Waals surface area contributed by atoms with Gasteiger partial charge < -0.3 is 55.1 Å². The molecule has 266 valence electrons. The van der Waals surface area contributed by atoms with Gasteiger partial charge in [-0.1, -0.05) is 112 Å². The summed E-state index contributed by atoms with van der Waals surface area (Å²) in [7, 11) is 0. The number of ether oxygens (including phenoxy) is 4. The minimum absolute atomic E-state index is 0.813. The van der Waals surface area contributed by atoms with Crippen molar-refractivity contribution in [2.75, 3.05) is 19.8 Å². The topological polar surface area (TPSA) is 216 Å². The van der Waals surface area contributed by atoms with E-state index in [1.807, 2.05) is 30.4 Å². The van der Waals surface area contributed by atoms with E-state index in [1.165, 1.54) is 57.1 Å². The van der Waals surface area contributed by atoms with Gasteiger partial charge in [-0.05, 0) is 12.8 Å². The molecule has 0 bridgehead atoms. The summed E-state index contributed by atoms with van der Waals surface area (Å²) < 4.78 is 21.4. The van der Waals surface area contributed by atoms with Gasteiger partial charge in [-0.2, -0.15) is 0 Å². The van der Waals surface area contributed by atoms with E-state index < -0.39 is 80.3 Å². The van der Waals surface area contributed by atoms with E-state index in [2.05, 4.69) is 13.0 Å². The zero-order valence-electron chi connectivity index (χ0n) is 26.9. The third-order valence-electron chi connectivity index (χ3n) is 7.72. The van der Waals surface area contributed by atoms with Crippen LogP contribution < -0.4 is 0 Å². The standard InChI is InChI=1S/C34H52O13/c1-2-3-4-5-6-7-8-9-10-11-12-13-14-15-16-17-18-19-20-21-27(38)46-34(32(43)30(41)28(39)25(22-35)45-34)47-33(24-37)31(42)29(40)26(23-36)44-33/h10-21,25-26,28-32,35-37,39-43H,2-9,22-24H2,1H3/b11-10+,13-12+,15-14+,17-16+,19-18+,21-20+/t25-,26-,28-,29-,30+,31+,32-,33?,34+/m1/s1. The summed E-state index contributed by atoms with van der Waals surface area (Å²) in [6.45, 7) is -0.729. The van der Waals surface area contributed by atoms with Crippen molar-refractivity contribution in [2.45, 2.75) is 113 Å². The zero-order chi connectivity index (χ0) is 34.7. The van der Waals surface area contributed by atoms with Crippen LogP contribution in [0.4, 0.5) is 0 Å². The number of hydrogen-bond donors (Lipinski definition) is 8. The molecule has 47 heavy (non-hydrogen) atoms. The molecule has 0 aromatic heterocycles. The molecule has 9 atom stereocenters. The van der Waals surface area contributed by atoms with E-state index in [4.69, 9.17) is 18.9 Å². The van der Waals surface area contributed by atoms with Gasteiger partial charge in [0.05, 0.1) is 13.2 Å². The van der Waals surface area contributed by atoms with Gasteiger partial charge >= 0.3 is 11.9 Å². The Labute approximate surface area is 276 Å². The lowest BCUT2D eigenvalue weighted by molar-refractivity contribution is -0.497. The predicted molar refractivity (Wildman–Crippen MR) is 171 cm³/mol. The van der Waals surface area contributed by atoms with Crippen molar-refractivity contribution in [3.63, 3.8) is 0 Å². The normalized spacial score (nSPS) is 33.6. The molecule has 8 N–H and O–H groups in total. The summed E-state index contributed by atoms with van der Waals surface area (Å²) in [4.78, 5) is 12.7. The van der Waals surface area contributed by atoms with Crippen LogP contribution in [-0.4, -0.2) is 121 Å². The van der Waals surface area contributed by atoms with Crippen LogP contribution in [-0.2, 0) is 23.7 Å². The molecule has 0 amide bonds. The minimum atomic E-state index is -3.06. The van der Waals surface area contributed by atoms with Crippen molar-refractivity contribution >= 4 is 5.97 Å². The van der Waals surface area contributed by atoms with Crippen LogP contribution in [0.2, 0.25) is 0 Å². The Kier molecular flexibility index (Phi) is 18.5. The first-order valence-corrected chi connectivity index (χ1v) is 16.1. The van der Waals surface area contributed by atoms with Gasteiger partial charge in [0, 0.05) is 6.08 Å². The molecule has 0 aromatic rings. The highest BCUT2D eigenvalue weighted by Gasteiger charge is 2.65. The Morgan fingerprint density at radius 2 is 1.19 bits per heavy atom. The van der Waals surface area contributed by atoms with E-state index in [9.17, 15) is 45.6 Å². The smallest absolute Gasteiger partial charge is 0.362 e. The van der Waals surface area contributed by atoms with Crippen LogP contribution in [0.25, 0.3) is 0 Å². The number of carbonyl (C=O) groups excluding carboxylic acids is 1. The Morgan fingerprint density at radius 3 is 1.74 bits per heavy atom. The molecule has 13 heteroatoms. The van der Waals surface area contributed by atoms with Crippen LogP contribution in [0.15, 0.2) is 72.9 Å². The number of aliphatic hydroxyl groups excluding tert-OH is 8. The third kappa shape index (κ3) is 12.1. The Morgan fingerprint density at radius 1 is 0.660 bits per heavy atom. The fraction of sp³-hybridized carbons (Fsp3) is 0.618. The first kappa shape index (κ1) is 40.6. The van der Waals surface area contributed by atoms with E-state index in [1.54, 1.807) is 18.2 Å². The van der Waals surface area contributed by atoms with Crippen molar-refractivity contribution in [1.29, 1.82) is 0 Å². The fourth-order valence-electron chi connectivity index (χ4n) is 5.01. The molecule has 2 heterocycles. The van der Waals surface area contributed by atoms with Gasteiger partial charge in [-0.15, -0.1) is 0 Å². The van der Waals surface area contributed by atoms with Crippen molar-refractivity contribution in [1.82, 2.24) is 0 Å². The highest BCUT2D eigenvalue weighted by Crippen LogP contribution is 2.41. The van der Waals surface area contributed by atoms with Crippen LogP contribution in [0, 0.1) is 0 Å². The number of carbonyl (C=O) groups is 1. The molecular formula is C34H52O13. The number of rotatable bonds is 20. The molecule has 2 aliphatic rings. The van der Waals surface area contributed by atoms with Gasteiger partial charge in [0.15, 0.2) is 6.10 Å². The number of hydrogen-bond acceptors (Lipinski definition) is 13. The third-order valence-corrected chi connectivity index (χ3v) is 7.72. The number of unbranched alkanes of at least 4 members (excludes halogenated alkanes) is 7. The monoisotopic (exact) mass is 668 g/mol. The molecule has 0 aliphatic carbocycles. The lowest BCUT2D eigenvalue weighted by Crippen LogP contribution is -2.70. The molecule has 2 aliphatic heterocycles. The summed E-state index contributed by atoms with van der Waals surface area (Å²) in [5, 5.41) is 81.3. The molecule has 1 unspecified atom stereocenters. The van der Waals surface area contributed by atoms with Crippen molar-refractivity contribution in [3.8, 4) is 0 Å². The fourth-order valence-corrected chi connectivity index (χ4v) is 5.01. The lowest BCUT2D eigenvalue weighted by Gasteiger charge is -2.49. The maximum absolute atomic E-state index is 12.7. The SMILES string of the molecule is CCCCCCCCC/C=C/C=C/C=C/C=C/C=C/C=C/C(=O)O[C@@]1(OC2(CO)O[C@H](CO)[C@@H](O)[C@@H]2O)O[C@H](CO)[C@@H](O)[C@H](O)[C@H]1O. The maximum Gasteiger partial charge on any atom is 0.362 e. The molecule has 13 nitrogen and oxygen atoms in total. The molecule has 2 saturated heterocycles. The van der Waals surface area contributed by atoms with Crippen LogP contribution in [0.5, 0.6) is 0 Å². The van der Waals surface area contributed by atoms with Crippen LogP contribution in [0.3, 0.4) is 0 Å². The maximum atomic E-state index is 12.7.